The molecule has 0 aliphatic carbocycles. The summed E-state index contributed by atoms with van der Waals surface area (Å²) in [7, 11) is -1.58. The molecule has 1 aliphatic heterocycles. The number of rotatable bonds is 1. The third-order valence-corrected chi connectivity index (χ3v) is 4.89. The summed E-state index contributed by atoms with van der Waals surface area (Å²) in [4.78, 5) is 2.08. The van der Waals surface area contributed by atoms with E-state index >= 15 is 0 Å². The third-order valence-electron chi connectivity index (χ3n) is 3.14. The number of fused-ring (bicyclic) bond motifs is 1. The number of hydrogen-bond acceptors (Lipinski definition) is 4. The predicted octanol–water partition coefficient (Wildman–Crippen LogP) is 1.36. The first-order valence-electron chi connectivity index (χ1n) is 5.47. The van der Waals surface area contributed by atoms with Crippen LogP contribution in [0.4, 0.5) is 5.69 Å². The van der Waals surface area contributed by atoms with E-state index in [-0.39, 0.29) is 5.75 Å². The first-order chi connectivity index (χ1) is 7.99. The topological polar surface area (TPSA) is 61.2 Å². The van der Waals surface area contributed by atoms with Crippen LogP contribution in [0.2, 0.25) is 0 Å². The van der Waals surface area contributed by atoms with Crippen molar-refractivity contribution in [1.29, 1.82) is 5.26 Å². The van der Waals surface area contributed by atoms with E-state index < -0.39 is 15.9 Å². The Kier molecular flexibility index (Phi) is 2.84. The van der Waals surface area contributed by atoms with Gasteiger partial charge in [0.2, 0.25) is 0 Å². The molecule has 0 bridgehead atoms. The molecule has 1 heterocycles. The fourth-order valence-corrected chi connectivity index (χ4v) is 3.78. The summed E-state index contributed by atoms with van der Waals surface area (Å²) in [5.41, 5.74) is 1.62. The van der Waals surface area contributed by atoms with Crippen molar-refractivity contribution in [2.75, 3.05) is 17.7 Å². The molecule has 0 amide bonds. The van der Waals surface area contributed by atoms with Gasteiger partial charge in [-0.15, -0.1) is 0 Å². The molecule has 17 heavy (non-hydrogen) atoms. The average Bonchev–Trinajstić information content (AvgIpc) is 2.33. The molecule has 0 N–H and O–H groups in total. The summed E-state index contributed by atoms with van der Waals surface area (Å²) < 4.78 is 24.2. The largest absolute Gasteiger partial charge is 0.357 e. The highest BCUT2D eigenvalue weighted by molar-refractivity contribution is 7.91. The quantitative estimate of drug-likeness (QED) is 0.755. The van der Waals surface area contributed by atoms with Crippen molar-refractivity contribution in [3.05, 3.63) is 23.8 Å². The Morgan fingerprint density at radius 3 is 2.82 bits per heavy atom. The summed E-state index contributed by atoms with van der Waals surface area (Å²) in [5, 5.41) is 8.96. The monoisotopic (exact) mass is 250 g/mol. The van der Waals surface area contributed by atoms with E-state index in [0.717, 1.165) is 12.0 Å². The van der Waals surface area contributed by atoms with Crippen LogP contribution in [0.5, 0.6) is 0 Å². The van der Waals surface area contributed by atoms with Gasteiger partial charge in [0.25, 0.3) is 0 Å². The molecule has 0 saturated heterocycles. The van der Waals surface area contributed by atoms with Crippen molar-refractivity contribution >= 4 is 15.5 Å². The number of nitrogens with zero attached hydrogens (tertiary/aromatic N) is 2. The van der Waals surface area contributed by atoms with Crippen LogP contribution >= 0.6 is 0 Å². The van der Waals surface area contributed by atoms with Crippen LogP contribution in [0, 0.1) is 11.3 Å². The van der Waals surface area contributed by atoms with Gasteiger partial charge in [0.1, 0.15) is 6.04 Å². The molecule has 90 valence electrons. The van der Waals surface area contributed by atoms with Crippen LogP contribution in [-0.4, -0.2) is 27.3 Å². The fourth-order valence-electron chi connectivity index (χ4n) is 2.02. The lowest BCUT2D eigenvalue weighted by atomic mass is 10.1. The molecule has 0 fully saturated rings. The van der Waals surface area contributed by atoms with Crippen molar-refractivity contribution in [3.8, 4) is 6.07 Å². The number of benzene rings is 1. The standard InChI is InChI=1S/C12H14N2O2S/c1-3-9-4-5-11-12(6-9)17(15,16)8-10(7-13)14(11)2/h4-6,10H,3,8H2,1-2H3. The van der Waals surface area contributed by atoms with E-state index in [1.54, 1.807) is 24.1 Å². The van der Waals surface area contributed by atoms with Crippen LogP contribution in [-0.2, 0) is 16.3 Å². The van der Waals surface area contributed by atoms with E-state index in [9.17, 15) is 8.42 Å². The normalized spacial score (nSPS) is 21.7. The molecule has 4 nitrogen and oxygen atoms in total. The lowest BCUT2D eigenvalue weighted by molar-refractivity contribution is 0.585. The van der Waals surface area contributed by atoms with Gasteiger partial charge >= 0.3 is 0 Å². The highest BCUT2D eigenvalue weighted by atomic mass is 32.2. The van der Waals surface area contributed by atoms with Crippen LogP contribution in [0.3, 0.4) is 0 Å². The Hall–Kier alpha value is -1.54. The maximum Gasteiger partial charge on any atom is 0.183 e. The zero-order valence-corrected chi connectivity index (χ0v) is 10.7. The number of sulfone groups is 1. The molecule has 1 aromatic carbocycles. The van der Waals surface area contributed by atoms with Crippen LogP contribution in [0.1, 0.15) is 12.5 Å². The lowest BCUT2D eigenvalue weighted by Gasteiger charge is -2.31. The summed E-state index contributed by atoms with van der Waals surface area (Å²) in [6.07, 6.45) is 0.800. The molecule has 1 aliphatic rings. The van der Waals surface area contributed by atoms with E-state index in [2.05, 4.69) is 0 Å². The highest BCUT2D eigenvalue weighted by Crippen LogP contribution is 2.33. The molecular weight excluding hydrogens is 236 g/mol. The number of hydrogen-bond donors (Lipinski definition) is 0. The molecular formula is C12H14N2O2S. The van der Waals surface area contributed by atoms with Gasteiger partial charge in [0.05, 0.1) is 22.4 Å². The maximum atomic E-state index is 12.1. The second-order valence-corrected chi connectivity index (χ2v) is 6.20. The zero-order chi connectivity index (χ0) is 12.6. The van der Waals surface area contributed by atoms with E-state index in [1.807, 2.05) is 19.1 Å². The smallest absolute Gasteiger partial charge is 0.183 e. The summed E-state index contributed by atoms with van der Waals surface area (Å²) in [6, 6.07) is 6.84. The van der Waals surface area contributed by atoms with Crippen molar-refractivity contribution < 1.29 is 8.42 Å². The van der Waals surface area contributed by atoms with Gasteiger partial charge in [-0.1, -0.05) is 13.0 Å². The van der Waals surface area contributed by atoms with Crippen molar-refractivity contribution in [3.63, 3.8) is 0 Å². The molecule has 1 aromatic rings. The zero-order valence-electron chi connectivity index (χ0n) is 9.84. The average molecular weight is 250 g/mol. The van der Waals surface area contributed by atoms with Gasteiger partial charge < -0.3 is 4.90 Å². The van der Waals surface area contributed by atoms with E-state index in [1.165, 1.54) is 0 Å². The van der Waals surface area contributed by atoms with Crippen molar-refractivity contribution in [2.24, 2.45) is 0 Å². The number of nitriles is 1. The van der Waals surface area contributed by atoms with E-state index in [4.69, 9.17) is 5.26 Å². The summed E-state index contributed by atoms with van der Waals surface area (Å²) in [6.45, 7) is 1.99. The van der Waals surface area contributed by atoms with Gasteiger partial charge in [-0.25, -0.2) is 8.42 Å². The van der Waals surface area contributed by atoms with Crippen LogP contribution in [0.15, 0.2) is 23.1 Å². The first-order valence-corrected chi connectivity index (χ1v) is 7.13. The van der Waals surface area contributed by atoms with Crippen molar-refractivity contribution in [2.45, 2.75) is 24.3 Å². The highest BCUT2D eigenvalue weighted by Gasteiger charge is 2.33. The third kappa shape index (κ3) is 1.89. The second-order valence-electron chi connectivity index (χ2n) is 4.19. The Morgan fingerprint density at radius 1 is 1.53 bits per heavy atom. The molecule has 0 radical (unpaired) electrons. The Labute approximate surface area is 101 Å². The van der Waals surface area contributed by atoms with Crippen LogP contribution < -0.4 is 4.90 Å². The van der Waals surface area contributed by atoms with E-state index in [0.29, 0.717) is 10.6 Å². The molecule has 0 saturated carbocycles. The fraction of sp³-hybridized carbons (Fsp3) is 0.417. The lowest BCUT2D eigenvalue weighted by Crippen LogP contribution is -2.41. The Morgan fingerprint density at radius 2 is 2.24 bits per heavy atom. The number of anilines is 1. The predicted molar refractivity (Wildman–Crippen MR) is 65.7 cm³/mol. The SMILES string of the molecule is CCc1ccc2c(c1)S(=O)(=O)CC(C#N)N2C. The second kappa shape index (κ2) is 4.04. The molecule has 1 unspecified atom stereocenters. The first kappa shape index (κ1) is 11.9. The molecule has 5 heteroatoms. The van der Waals surface area contributed by atoms with Crippen LogP contribution in [0.25, 0.3) is 0 Å². The molecule has 2 rings (SSSR count). The Balaban J connectivity index is 2.65. The van der Waals surface area contributed by atoms with Gasteiger partial charge in [-0.2, -0.15) is 5.26 Å². The minimum atomic E-state index is -3.33. The molecule has 0 spiro atoms. The minimum absolute atomic E-state index is 0.125. The van der Waals surface area contributed by atoms with Gasteiger partial charge in [-0.3, -0.25) is 0 Å². The number of aryl methyl sites for hydroxylation is 1. The summed E-state index contributed by atoms with van der Waals surface area (Å²) >= 11 is 0. The molecule has 0 aromatic heterocycles. The minimum Gasteiger partial charge on any atom is -0.357 e. The Bertz CT molecular complexity index is 587. The van der Waals surface area contributed by atoms with Gasteiger partial charge in [0.15, 0.2) is 9.84 Å². The summed E-state index contributed by atoms with van der Waals surface area (Å²) in [5.74, 6) is -0.125. The molecule has 1 atom stereocenters. The van der Waals surface area contributed by atoms with Gasteiger partial charge in [-0.05, 0) is 24.1 Å². The maximum absolute atomic E-state index is 12.1. The van der Waals surface area contributed by atoms with Crippen molar-refractivity contribution in [1.82, 2.24) is 0 Å². The van der Waals surface area contributed by atoms with Gasteiger partial charge in [0, 0.05) is 7.05 Å².